The van der Waals surface area contributed by atoms with E-state index in [1.807, 2.05) is 13.8 Å². The van der Waals surface area contributed by atoms with Crippen molar-refractivity contribution in [2.75, 3.05) is 12.8 Å². The van der Waals surface area contributed by atoms with Crippen LogP contribution in [0.5, 0.6) is 0 Å². The lowest BCUT2D eigenvalue weighted by molar-refractivity contribution is -0.121. The fourth-order valence-electron chi connectivity index (χ4n) is 1.66. The molecule has 0 spiro atoms. The van der Waals surface area contributed by atoms with Gasteiger partial charge in [0.1, 0.15) is 0 Å². The Morgan fingerprint density at radius 3 is 2.47 bits per heavy atom. The summed E-state index contributed by atoms with van der Waals surface area (Å²) in [5, 5.41) is 2.86. The Balaban J connectivity index is 2.45. The molecule has 6 heteroatoms. The summed E-state index contributed by atoms with van der Waals surface area (Å²) in [4.78, 5) is 11.5. The van der Waals surface area contributed by atoms with Crippen LogP contribution in [-0.2, 0) is 14.8 Å². The standard InChI is InChI=1S/C11H22N2O3S/c1-4-9(2)13(17(3,15)16)8-7-11(14)12-10-5-6-10/h9-10H,4-8H2,1-3H3,(H,12,14). The van der Waals surface area contributed by atoms with Crippen molar-refractivity contribution in [2.45, 2.75) is 51.6 Å². The molecule has 0 aromatic heterocycles. The number of hydrogen-bond donors (Lipinski definition) is 1. The molecule has 1 N–H and O–H groups in total. The minimum Gasteiger partial charge on any atom is -0.353 e. The van der Waals surface area contributed by atoms with Crippen LogP contribution in [0.1, 0.15) is 39.5 Å². The average Bonchev–Trinajstić information content (AvgIpc) is 2.99. The maximum absolute atomic E-state index is 11.6. The topological polar surface area (TPSA) is 66.5 Å². The van der Waals surface area contributed by atoms with Gasteiger partial charge in [-0.25, -0.2) is 8.42 Å². The predicted octanol–water partition coefficient (Wildman–Crippen LogP) is 0.715. The number of nitrogens with one attached hydrogen (secondary N) is 1. The van der Waals surface area contributed by atoms with E-state index in [0.717, 1.165) is 19.3 Å². The monoisotopic (exact) mass is 262 g/mol. The van der Waals surface area contributed by atoms with Gasteiger partial charge in [0.25, 0.3) is 0 Å². The third kappa shape index (κ3) is 5.04. The third-order valence-electron chi connectivity index (χ3n) is 3.01. The van der Waals surface area contributed by atoms with E-state index in [1.165, 1.54) is 10.6 Å². The van der Waals surface area contributed by atoms with Gasteiger partial charge >= 0.3 is 0 Å². The van der Waals surface area contributed by atoms with Gasteiger partial charge in [0.15, 0.2) is 0 Å². The van der Waals surface area contributed by atoms with E-state index in [1.54, 1.807) is 0 Å². The lowest BCUT2D eigenvalue weighted by Crippen LogP contribution is -2.40. The molecule has 0 heterocycles. The van der Waals surface area contributed by atoms with Crippen LogP contribution in [0.15, 0.2) is 0 Å². The average molecular weight is 262 g/mol. The molecular weight excluding hydrogens is 240 g/mol. The predicted molar refractivity (Wildman–Crippen MR) is 67.1 cm³/mol. The highest BCUT2D eigenvalue weighted by Gasteiger charge is 2.25. The summed E-state index contributed by atoms with van der Waals surface area (Å²) < 4.78 is 24.5. The number of rotatable bonds is 7. The fraction of sp³-hybridized carbons (Fsp3) is 0.909. The normalized spacial score (nSPS) is 18.1. The Hall–Kier alpha value is -0.620. The Kier molecular flexibility index (Phi) is 4.94. The van der Waals surface area contributed by atoms with Gasteiger partial charge in [0.2, 0.25) is 15.9 Å². The molecule has 1 rings (SSSR count). The molecule has 0 aliphatic heterocycles. The summed E-state index contributed by atoms with van der Waals surface area (Å²) >= 11 is 0. The molecule has 1 atom stereocenters. The van der Waals surface area contributed by atoms with Crippen molar-refractivity contribution >= 4 is 15.9 Å². The number of carbonyl (C=O) groups excluding carboxylic acids is 1. The maximum Gasteiger partial charge on any atom is 0.221 e. The number of hydrogen-bond acceptors (Lipinski definition) is 3. The van der Waals surface area contributed by atoms with E-state index in [-0.39, 0.29) is 24.9 Å². The van der Waals surface area contributed by atoms with Crippen LogP contribution in [0.25, 0.3) is 0 Å². The zero-order valence-electron chi connectivity index (χ0n) is 10.8. The van der Waals surface area contributed by atoms with Crippen LogP contribution in [0, 0.1) is 0 Å². The SMILES string of the molecule is CCC(C)N(CCC(=O)NC1CC1)S(C)(=O)=O. The second-order valence-corrected chi connectivity index (χ2v) is 6.66. The number of nitrogens with zero attached hydrogens (tertiary/aromatic N) is 1. The molecule has 17 heavy (non-hydrogen) atoms. The van der Waals surface area contributed by atoms with Gasteiger partial charge < -0.3 is 5.32 Å². The van der Waals surface area contributed by atoms with Crippen LogP contribution in [0.3, 0.4) is 0 Å². The van der Waals surface area contributed by atoms with E-state index in [4.69, 9.17) is 0 Å². The molecule has 1 aliphatic rings. The first-order valence-electron chi connectivity index (χ1n) is 6.10. The van der Waals surface area contributed by atoms with Crippen molar-refractivity contribution in [1.29, 1.82) is 0 Å². The zero-order chi connectivity index (χ0) is 13.1. The first-order chi connectivity index (χ1) is 7.84. The smallest absolute Gasteiger partial charge is 0.221 e. The molecular formula is C11H22N2O3S. The van der Waals surface area contributed by atoms with Crippen molar-refractivity contribution in [1.82, 2.24) is 9.62 Å². The second kappa shape index (κ2) is 5.82. The largest absolute Gasteiger partial charge is 0.353 e. The van der Waals surface area contributed by atoms with Gasteiger partial charge in [0, 0.05) is 25.0 Å². The quantitative estimate of drug-likeness (QED) is 0.735. The Morgan fingerprint density at radius 2 is 2.06 bits per heavy atom. The van der Waals surface area contributed by atoms with Crippen LogP contribution in [0.2, 0.25) is 0 Å². The van der Waals surface area contributed by atoms with Crippen molar-refractivity contribution < 1.29 is 13.2 Å². The van der Waals surface area contributed by atoms with Crippen LogP contribution < -0.4 is 5.32 Å². The molecule has 1 unspecified atom stereocenters. The zero-order valence-corrected chi connectivity index (χ0v) is 11.6. The highest BCUT2D eigenvalue weighted by Crippen LogP contribution is 2.18. The van der Waals surface area contributed by atoms with Gasteiger partial charge in [-0.2, -0.15) is 4.31 Å². The van der Waals surface area contributed by atoms with E-state index in [9.17, 15) is 13.2 Å². The molecule has 0 aromatic rings. The number of amides is 1. The molecule has 1 fully saturated rings. The summed E-state index contributed by atoms with van der Waals surface area (Å²) in [5.74, 6) is -0.0514. The Bertz CT molecular complexity index is 363. The van der Waals surface area contributed by atoms with Crippen molar-refractivity contribution in [3.8, 4) is 0 Å². The lowest BCUT2D eigenvalue weighted by Gasteiger charge is -2.25. The maximum atomic E-state index is 11.6. The van der Waals surface area contributed by atoms with Crippen molar-refractivity contribution in [3.05, 3.63) is 0 Å². The second-order valence-electron chi connectivity index (χ2n) is 4.72. The minimum atomic E-state index is -3.23. The van der Waals surface area contributed by atoms with E-state index in [2.05, 4.69) is 5.32 Å². The number of sulfonamides is 1. The van der Waals surface area contributed by atoms with E-state index in [0.29, 0.717) is 6.04 Å². The first kappa shape index (κ1) is 14.4. The number of carbonyl (C=O) groups is 1. The van der Waals surface area contributed by atoms with Gasteiger partial charge in [-0.15, -0.1) is 0 Å². The third-order valence-corrected chi connectivity index (χ3v) is 4.40. The summed E-state index contributed by atoms with van der Waals surface area (Å²) in [7, 11) is -3.23. The first-order valence-corrected chi connectivity index (χ1v) is 7.95. The van der Waals surface area contributed by atoms with Gasteiger partial charge in [-0.1, -0.05) is 6.92 Å². The van der Waals surface area contributed by atoms with E-state index < -0.39 is 10.0 Å². The van der Waals surface area contributed by atoms with Crippen molar-refractivity contribution in [3.63, 3.8) is 0 Å². The van der Waals surface area contributed by atoms with Crippen LogP contribution >= 0.6 is 0 Å². The van der Waals surface area contributed by atoms with Crippen LogP contribution in [0.4, 0.5) is 0 Å². The molecule has 1 amide bonds. The molecule has 0 aromatic carbocycles. The van der Waals surface area contributed by atoms with Crippen LogP contribution in [-0.4, -0.2) is 43.5 Å². The molecule has 0 saturated heterocycles. The molecule has 1 aliphatic carbocycles. The highest BCUT2D eigenvalue weighted by atomic mass is 32.2. The fourth-order valence-corrected chi connectivity index (χ4v) is 2.88. The molecule has 0 bridgehead atoms. The van der Waals surface area contributed by atoms with Gasteiger partial charge in [-0.05, 0) is 26.2 Å². The Morgan fingerprint density at radius 1 is 1.47 bits per heavy atom. The summed E-state index contributed by atoms with van der Waals surface area (Å²) in [5.41, 5.74) is 0. The summed E-state index contributed by atoms with van der Waals surface area (Å²) in [6.07, 6.45) is 4.28. The van der Waals surface area contributed by atoms with Gasteiger partial charge in [-0.3, -0.25) is 4.79 Å². The molecule has 1 saturated carbocycles. The highest BCUT2D eigenvalue weighted by molar-refractivity contribution is 7.88. The van der Waals surface area contributed by atoms with Crippen molar-refractivity contribution in [2.24, 2.45) is 0 Å². The molecule has 5 nitrogen and oxygen atoms in total. The summed E-state index contributed by atoms with van der Waals surface area (Å²) in [6, 6.07) is 0.275. The Labute approximate surface area is 104 Å². The lowest BCUT2D eigenvalue weighted by atomic mass is 10.2. The molecule has 100 valence electrons. The van der Waals surface area contributed by atoms with E-state index >= 15 is 0 Å². The van der Waals surface area contributed by atoms with Gasteiger partial charge in [0.05, 0.1) is 6.26 Å². The molecule has 0 radical (unpaired) electrons. The summed E-state index contributed by atoms with van der Waals surface area (Å²) in [6.45, 7) is 4.07. The minimum absolute atomic E-state index is 0.0514.